The van der Waals surface area contributed by atoms with Gasteiger partial charge in [-0.15, -0.1) is 0 Å². The minimum absolute atomic E-state index is 0.115. The van der Waals surface area contributed by atoms with Gasteiger partial charge in [0.15, 0.2) is 6.10 Å². The number of methoxy groups -OCH3 is 1. The van der Waals surface area contributed by atoms with Gasteiger partial charge in [0.25, 0.3) is 5.91 Å². The Morgan fingerprint density at radius 2 is 1.89 bits per heavy atom. The lowest BCUT2D eigenvalue weighted by Crippen LogP contribution is -2.48. The summed E-state index contributed by atoms with van der Waals surface area (Å²) in [5.41, 5.74) is 1.16. The van der Waals surface area contributed by atoms with Gasteiger partial charge in [-0.1, -0.05) is 0 Å². The fraction of sp³-hybridized carbons (Fsp3) is 0.381. The molecule has 0 aromatic heterocycles. The number of nitrogens with one attached hydrogen (secondary N) is 1. The molecule has 2 aromatic carbocycles. The summed E-state index contributed by atoms with van der Waals surface area (Å²) in [6.45, 7) is 3.43. The van der Waals surface area contributed by atoms with Gasteiger partial charge in [-0.2, -0.15) is 0 Å². The molecule has 150 valence electrons. The lowest BCUT2D eigenvalue weighted by atomic mass is 10.0. The van der Waals surface area contributed by atoms with Crippen LogP contribution in [0.4, 0.5) is 10.1 Å². The maximum atomic E-state index is 13.2. The van der Waals surface area contributed by atoms with Gasteiger partial charge in [-0.05, 0) is 78.2 Å². The lowest BCUT2D eigenvalue weighted by molar-refractivity contribution is -0.128. The van der Waals surface area contributed by atoms with Crippen LogP contribution in [0.25, 0.3) is 0 Å². The summed E-state index contributed by atoms with van der Waals surface area (Å²) in [6.07, 6.45) is 1.07. The van der Waals surface area contributed by atoms with Crippen molar-refractivity contribution in [3.05, 3.63) is 52.8 Å². The van der Waals surface area contributed by atoms with Crippen LogP contribution in [0.1, 0.15) is 19.8 Å². The topological polar surface area (TPSA) is 50.8 Å². The van der Waals surface area contributed by atoms with E-state index in [4.69, 9.17) is 9.47 Å². The third-order valence-electron chi connectivity index (χ3n) is 4.85. The van der Waals surface area contributed by atoms with Crippen molar-refractivity contribution in [1.82, 2.24) is 5.32 Å². The van der Waals surface area contributed by atoms with Crippen LogP contribution in [-0.4, -0.2) is 38.3 Å². The first kappa shape index (κ1) is 20.5. The Morgan fingerprint density at radius 1 is 1.21 bits per heavy atom. The number of hydrogen-bond donors (Lipinski definition) is 1. The van der Waals surface area contributed by atoms with Gasteiger partial charge in [0.2, 0.25) is 0 Å². The lowest BCUT2D eigenvalue weighted by Gasteiger charge is -2.34. The molecule has 1 fully saturated rings. The molecule has 0 bridgehead atoms. The number of benzene rings is 2. The van der Waals surface area contributed by atoms with Crippen LogP contribution >= 0.6 is 15.9 Å². The van der Waals surface area contributed by atoms with Gasteiger partial charge >= 0.3 is 0 Å². The summed E-state index contributed by atoms with van der Waals surface area (Å²) in [6, 6.07) is 12.3. The van der Waals surface area contributed by atoms with Crippen LogP contribution in [0.3, 0.4) is 0 Å². The molecule has 1 N–H and O–H groups in total. The standard InChI is InChI=1S/C21H24BrFN2O3/c1-14(28-20-8-3-15(23)13-19(20)22)21(26)24-16-9-11-25(12-10-16)17-4-6-18(27-2)7-5-17/h3-8,13-14,16H,9-12H2,1-2H3,(H,24,26). The first-order valence-corrected chi connectivity index (χ1v) is 10.1. The largest absolute Gasteiger partial charge is 0.497 e. The van der Waals surface area contributed by atoms with E-state index in [1.165, 1.54) is 18.2 Å². The van der Waals surface area contributed by atoms with E-state index in [1.807, 2.05) is 24.3 Å². The molecule has 0 saturated carbocycles. The highest BCUT2D eigenvalue weighted by Gasteiger charge is 2.24. The Bertz CT molecular complexity index is 808. The number of hydrogen-bond acceptors (Lipinski definition) is 4. The van der Waals surface area contributed by atoms with Crippen molar-refractivity contribution >= 4 is 27.5 Å². The van der Waals surface area contributed by atoms with Gasteiger partial charge in [-0.3, -0.25) is 4.79 Å². The zero-order valence-electron chi connectivity index (χ0n) is 16.0. The molecule has 1 aliphatic rings. The second-order valence-corrected chi connectivity index (χ2v) is 7.66. The van der Waals surface area contributed by atoms with E-state index in [0.717, 1.165) is 37.4 Å². The van der Waals surface area contributed by atoms with Gasteiger partial charge < -0.3 is 19.7 Å². The van der Waals surface area contributed by atoms with Crippen molar-refractivity contribution in [2.75, 3.05) is 25.1 Å². The van der Waals surface area contributed by atoms with Crippen LogP contribution in [0.2, 0.25) is 0 Å². The molecule has 28 heavy (non-hydrogen) atoms. The normalized spacial score (nSPS) is 15.8. The van der Waals surface area contributed by atoms with E-state index >= 15 is 0 Å². The number of ether oxygens (including phenoxy) is 2. The highest BCUT2D eigenvalue weighted by Crippen LogP contribution is 2.27. The molecule has 1 heterocycles. The van der Waals surface area contributed by atoms with E-state index in [-0.39, 0.29) is 17.8 Å². The quantitative estimate of drug-likeness (QED) is 0.717. The molecule has 5 nitrogen and oxygen atoms in total. The van der Waals surface area contributed by atoms with Crippen LogP contribution in [-0.2, 0) is 4.79 Å². The van der Waals surface area contributed by atoms with Gasteiger partial charge in [0.05, 0.1) is 11.6 Å². The summed E-state index contributed by atoms with van der Waals surface area (Å²) in [5.74, 6) is 0.755. The van der Waals surface area contributed by atoms with E-state index in [0.29, 0.717) is 10.2 Å². The van der Waals surface area contributed by atoms with Crippen molar-refractivity contribution in [3.8, 4) is 11.5 Å². The summed E-state index contributed by atoms with van der Waals surface area (Å²) in [4.78, 5) is 14.8. The molecule has 3 rings (SSSR count). The SMILES string of the molecule is COc1ccc(N2CCC(NC(=O)C(C)Oc3ccc(F)cc3Br)CC2)cc1. The fourth-order valence-corrected chi connectivity index (χ4v) is 3.65. The van der Waals surface area contributed by atoms with Crippen molar-refractivity contribution in [1.29, 1.82) is 0 Å². The molecule has 0 spiro atoms. The zero-order valence-corrected chi connectivity index (χ0v) is 17.5. The van der Waals surface area contributed by atoms with Crippen LogP contribution in [0.5, 0.6) is 11.5 Å². The molecule has 1 amide bonds. The summed E-state index contributed by atoms with van der Waals surface area (Å²) >= 11 is 3.25. The number of nitrogens with zero attached hydrogens (tertiary/aromatic N) is 1. The third-order valence-corrected chi connectivity index (χ3v) is 5.47. The highest BCUT2D eigenvalue weighted by molar-refractivity contribution is 9.10. The monoisotopic (exact) mass is 450 g/mol. The average molecular weight is 451 g/mol. The number of amides is 1. The number of piperidine rings is 1. The third kappa shape index (κ3) is 5.16. The van der Waals surface area contributed by atoms with Crippen LogP contribution < -0.4 is 19.7 Å². The van der Waals surface area contributed by atoms with Gasteiger partial charge in [0, 0.05) is 24.8 Å². The highest BCUT2D eigenvalue weighted by atomic mass is 79.9. The number of carbonyl (C=O) groups is 1. The maximum Gasteiger partial charge on any atom is 0.260 e. The first-order chi connectivity index (χ1) is 13.5. The van der Waals surface area contributed by atoms with Crippen molar-refractivity contribution < 1.29 is 18.7 Å². The predicted molar refractivity (Wildman–Crippen MR) is 111 cm³/mol. The Morgan fingerprint density at radius 3 is 2.50 bits per heavy atom. The predicted octanol–water partition coefficient (Wildman–Crippen LogP) is 4.15. The van der Waals surface area contributed by atoms with E-state index in [9.17, 15) is 9.18 Å². The molecule has 1 saturated heterocycles. The molecule has 0 radical (unpaired) electrons. The maximum absolute atomic E-state index is 13.2. The second-order valence-electron chi connectivity index (χ2n) is 6.80. The number of rotatable bonds is 6. The molecule has 1 unspecified atom stereocenters. The minimum Gasteiger partial charge on any atom is -0.497 e. The number of anilines is 1. The van der Waals surface area contributed by atoms with Gasteiger partial charge in [0.1, 0.15) is 17.3 Å². The number of halogens is 2. The minimum atomic E-state index is -0.665. The van der Waals surface area contributed by atoms with Crippen molar-refractivity contribution in [3.63, 3.8) is 0 Å². The Kier molecular flexibility index (Phi) is 6.78. The Hall–Kier alpha value is -2.28. The molecule has 7 heteroatoms. The van der Waals surface area contributed by atoms with Crippen molar-refractivity contribution in [2.45, 2.75) is 31.9 Å². The average Bonchev–Trinajstić information content (AvgIpc) is 2.70. The number of carbonyl (C=O) groups excluding carboxylic acids is 1. The molecule has 0 aliphatic carbocycles. The van der Waals surface area contributed by atoms with Gasteiger partial charge in [-0.25, -0.2) is 4.39 Å². The summed E-state index contributed by atoms with van der Waals surface area (Å²) in [7, 11) is 1.66. The van der Waals surface area contributed by atoms with Crippen LogP contribution in [0.15, 0.2) is 46.9 Å². The van der Waals surface area contributed by atoms with E-state index < -0.39 is 6.10 Å². The Balaban J connectivity index is 1.48. The summed E-state index contributed by atoms with van der Waals surface area (Å²) < 4.78 is 24.5. The van der Waals surface area contributed by atoms with E-state index in [2.05, 4.69) is 26.1 Å². The smallest absolute Gasteiger partial charge is 0.260 e. The molecule has 1 aliphatic heterocycles. The molecule has 2 aromatic rings. The van der Waals surface area contributed by atoms with E-state index in [1.54, 1.807) is 14.0 Å². The molecular formula is C21H24BrFN2O3. The first-order valence-electron chi connectivity index (χ1n) is 9.27. The van der Waals surface area contributed by atoms with Crippen molar-refractivity contribution in [2.24, 2.45) is 0 Å². The Labute approximate surface area is 172 Å². The van der Waals surface area contributed by atoms with Crippen LogP contribution in [0, 0.1) is 5.82 Å². The fourth-order valence-electron chi connectivity index (χ4n) is 3.21. The summed E-state index contributed by atoms with van der Waals surface area (Å²) in [5, 5.41) is 3.06. The zero-order chi connectivity index (χ0) is 20.1. The molecule has 1 atom stereocenters. The molecular weight excluding hydrogens is 427 g/mol. The second kappa shape index (κ2) is 9.28.